The number of halogens is 2. The zero-order valence-corrected chi connectivity index (χ0v) is 19.7. The van der Waals surface area contributed by atoms with Crippen molar-refractivity contribution in [3.05, 3.63) is 70.8 Å². The molecule has 6 rings (SSSR count). The van der Waals surface area contributed by atoms with Crippen LogP contribution in [-0.2, 0) is 11.3 Å². The summed E-state index contributed by atoms with van der Waals surface area (Å²) in [7, 11) is 0. The molecule has 2 aliphatic heterocycles. The molecule has 4 aromatic rings. The second-order valence-corrected chi connectivity index (χ2v) is 9.28. The van der Waals surface area contributed by atoms with Crippen LogP contribution in [0, 0.1) is 5.92 Å². The number of anilines is 1. The quantitative estimate of drug-likeness (QED) is 0.398. The average molecular weight is 507 g/mol. The van der Waals surface area contributed by atoms with Gasteiger partial charge < -0.3 is 15.4 Å². The molecule has 1 saturated heterocycles. The molecule has 0 spiro atoms. The van der Waals surface area contributed by atoms with E-state index >= 15 is 0 Å². The van der Waals surface area contributed by atoms with Gasteiger partial charge in [0.05, 0.1) is 16.9 Å². The molecular weight excluding hydrogens is 482 g/mol. The van der Waals surface area contributed by atoms with Crippen LogP contribution in [0.3, 0.4) is 0 Å². The number of nitrogens with zero attached hydrogens (tertiary/aromatic N) is 4. The number of aromatic nitrogens is 4. The molecule has 2 atom stereocenters. The van der Waals surface area contributed by atoms with Gasteiger partial charge in [-0.25, -0.2) is 14.6 Å². The number of benzene rings is 2. The first kappa shape index (κ1) is 23.1. The van der Waals surface area contributed by atoms with Gasteiger partial charge in [0.15, 0.2) is 0 Å². The Bertz CT molecular complexity index is 1530. The van der Waals surface area contributed by atoms with E-state index in [2.05, 4.69) is 20.6 Å². The third-order valence-electron chi connectivity index (χ3n) is 6.97. The van der Waals surface area contributed by atoms with E-state index < -0.39 is 6.61 Å². The van der Waals surface area contributed by atoms with Crippen molar-refractivity contribution in [3.8, 4) is 16.9 Å². The lowest BCUT2D eigenvalue weighted by atomic mass is 10.0. The van der Waals surface area contributed by atoms with Crippen molar-refractivity contribution in [3.63, 3.8) is 0 Å². The Balaban J connectivity index is 1.31. The normalized spacial score (nSPS) is 18.8. The molecule has 0 radical (unpaired) electrons. The van der Waals surface area contributed by atoms with Crippen LogP contribution in [0.1, 0.15) is 24.4 Å². The van der Waals surface area contributed by atoms with Crippen molar-refractivity contribution in [2.24, 2.45) is 5.92 Å². The fraction of sp³-hybridized carbons (Fsp3) is 0.308. The van der Waals surface area contributed by atoms with Gasteiger partial charge in [0.1, 0.15) is 5.75 Å². The smallest absolute Gasteiger partial charge is 0.387 e. The average Bonchev–Trinajstić information content (AvgIpc) is 3.59. The highest BCUT2D eigenvalue weighted by molar-refractivity contribution is 5.84. The molecule has 0 saturated carbocycles. The monoisotopic (exact) mass is 506 g/mol. The van der Waals surface area contributed by atoms with E-state index in [1.54, 1.807) is 41.3 Å². The van der Waals surface area contributed by atoms with E-state index in [0.29, 0.717) is 54.9 Å². The summed E-state index contributed by atoms with van der Waals surface area (Å²) in [6.45, 7) is -1.22. The number of hydrogen-bond acceptors (Lipinski definition) is 6. The molecule has 2 aromatic heterocycles. The highest BCUT2D eigenvalue weighted by Crippen LogP contribution is 2.37. The minimum absolute atomic E-state index is 0.0574. The van der Waals surface area contributed by atoms with Gasteiger partial charge >= 0.3 is 6.61 Å². The maximum absolute atomic E-state index is 13.1. The Labute approximate surface area is 210 Å². The van der Waals surface area contributed by atoms with Gasteiger partial charge in [-0.2, -0.15) is 8.78 Å². The summed E-state index contributed by atoms with van der Waals surface area (Å²) in [6, 6.07) is 11.9. The van der Waals surface area contributed by atoms with E-state index in [9.17, 15) is 18.4 Å². The van der Waals surface area contributed by atoms with Crippen LogP contribution in [0.25, 0.3) is 22.0 Å². The van der Waals surface area contributed by atoms with Gasteiger partial charge in [0.25, 0.3) is 5.56 Å². The number of carbonyl (C=O) groups is 1. The Kier molecular flexibility index (Phi) is 5.82. The maximum atomic E-state index is 13.1. The fourth-order valence-corrected chi connectivity index (χ4v) is 5.22. The van der Waals surface area contributed by atoms with Crippen molar-refractivity contribution < 1.29 is 18.3 Å². The van der Waals surface area contributed by atoms with Crippen LogP contribution in [0.2, 0.25) is 0 Å². The molecule has 0 bridgehead atoms. The Morgan fingerprint density at radius 1 is 1.11 bits per heavy atom. The molecule has 2 N–H and O–H groups in total. The number of carbonyl (C=O) groups excluding carboxylic acids is 1. The summed E-state index contributed by atoms with van der Waals surface area (Å²) in [4.78, 5) is 33.3. The second kappa shape index (κ2) is 9.30. The van der Waals surface area contributed by atoms with Gasteiger partial charge in [0.2, 0.25) is 11.9 Å². The van der Waals surface area contributed by atoms with Crippen LogP contribution in [0.4, 0.5) is 14.7 Å². The molecule has 11 heteroatoms. The third kappa shape index (κ3) is 4.30. The van der Waals surface area contributed by atoms with Crippen molar-refractivity contribution in [1.29, 1.82) is 0 Å². The van der Waals surface area contributed by atoms with Gasteiger partial charge in [-0.3, -0.25) is 14.3 Å². The lowest BCUT2D eigenvalue weighted by molar-refractivity contribution is -0.119. The van der Waals surface area contributed by atoms with Gasteiger partial charge in [0, 0.05) is 55.5 Å². The third-order valence-corrected chi connectivity index (χ3v) is 6.97. The molecule has 1 amide bonds. The van der Waals surface area contributed by atoms with Gasteiger partial charge in [-0.1, -0.05) is 24.3 Å². The minimum Gasteiger partial charge on any atom is -0.434 e. The fourth-order valence-electron chi connectivity index (χ4n) is 5.22. The summed E-state index contributed by atoms with van der Waals surface area (Å²) in [6.07, 6.45) is 4.49. The Morgan fingerprint density at radius 2 is 1.92 bits per heavy atom. The van der Waals surface area contributed by atoms with Gasteiger partial charge in [-0.05, 0) is 30.2 Å². The zero-order chi connectivity index (χ0) is 25.5. The van der Waals surface area contributed by atoms with Crippen molar-refractivity contribution >= 4 is 22.8 Å². The van der Waals surface area contributed by atoms with E-state index in [-0.39, 0.29) is 29.2 Å². The maximum Gasteiger partial charge on any atom is 0.387 e. The molecule has 1 fully saturated rings. The highest BCUT2D eigenvalue weighted by atomic mass is 19.3. The number of fused-ring (bicyclic) bond motifs is 3. The molecule has 4 heterocycles. The van der Waals surface area contributed by atoms with Crippen molar-refractivity contribution in [2.75, 3.05) is 18.4 Å². The number of alkyl halides is 2. The number of para-hydroxylation sites is 1. The predicted octanol–water partition coefficient (Wildman–Crippen LogP) is 3.40. The summed E-state index contributed by atoms with van der Waals surface area (Å²) >= 11 is 0. The first-order valence-corrected chi connectivity index (χ1v) is 12.1. The largest absolute Gasteiger partial charge is 0.434 e. The summed E-state index contributed by atoms with van der Waals surface area (Å²) in [5, 5.41) is 6.53. The Morgan fingerprint density at radius 3 is 2.68 bits per heavy atom. The molecule has 2 aromatic carbocycles. The number of hydrogen-bond donors (Lipinski definition) is 2. The van der Waals surface area contributed by atoms with E-state index in [4.69, 9.17) is 4.74 Å². The lowest BCUT2D eigenvalue weighted by Gasteiger charge is -2.18. The van der Waals surface area contributed by atoms with Crippen LogP contribution in [0.15, 0.2) is 59.7 Å². The molecule has 9 nitrogen and oxygen atoms in total. The van der Waals surface area contributed by atoms with Crippen molar-refractivity contribution in [2.45, 2.75) is 32.0 Å². The highest BCUT2D eigenvalue weighted by Gasteiger charge is 2.30. The van der Waals surface area contributed by atoms with Crippen molar-refractivity contribution in [1.82, 2.24) is 24.6 Å². The van der Waals surface area contributed by atoms with E-state index in [0.717, 1.165) is 11.1 Å². The Hall–Kier alpha value is -4.28. The molecule has 0 aliphatic carbocycles. The summed E-state index contributed by atoms with van der Waals surface area (Å²) in [5.74, 6) is 0.844. The standard InChI is InChI=1S/C26H24F2N6O3/c27-25(28)37-22-4-2-1-3-18(22)20-7-8-33-24(36)19-6-5-16(10-21(19)34(20)33)17-13-31-26(32-14-17)30-12-15-9-23(35)29-11-15/h1-6,10,13-15,20,25H,7-9,11-12H2,(H,29,35)(H,30,31,32)/t15-,20+/m1/s1. The summed E-state index contributed by atoms with van der Waals surface area (Å²) < 4.78 is 34.4. The lowest BCUT2D eigenvalue weighted by Crippen LogP contribution is -2.18. The predicted molar refractivity (Wildman–Crippen MR) is 133 cm³/mol. The van der Waals surface area contributed by atoms with Crippen LogP contribution in [-0.4, -0.2) is 44.9 Å². The number of amides is 1. The number of ether oxygens (including phenoxy) is 1. The van der Waals surface area contributed by atoms with E-state index in [1.165, 1.54) is 6.07 Å². The first-order chi connectivity index (χ1) is 18.0. The molecule has 2 aliphatic rings. The summed E-state index contributed by atoms with van der Waals surface area (Å²) in [5.41, 5.74) is 2.79. The molecule has 190 valence electrons. The second-order valence-electron chi connectivity index (χ2n) is 9.28. The number of nitrogens with one attached hydrogen (secondary N) is 2. The molecule has 37 heavy (non-hydrogen) atoms. The van der Waals surface area contributed by atoms with Crippen LogP contribution in [0.5, 0.6) is 5.75 Å². The number of rotatable bonds is 7. The van der Waals surface area contributed by atoms with E-state index in [1.807, 2.05) is 16.8 Å². The van der Waals surface area contributed by atoms with Crippen LogP contribution >= 0.6 is 0 Å². The topological polar surface area (TPSA) is 103 Å². The first-order valence-electron chi connectivity index (χ1n) is 12.1. The molecular formula is C26H24F2N6O3. The SMILES string of the molecule is O=C1C[C@@H](CNc2ncc(-c3ccc4c(=O)n5n(c4c3)[C@H](c3ccccc3OC(F)F)CC5)cn2)CN1. The van der Waals surface area contributed by atoms with Crippen LogP contribution < -0.4 is 20.9 Å². The molecule has 0 unspecified atom stereocenters. The zero-order valence-electron chi connectivity index (χ0n) is 19.7. The minimum atomic E-state index is -2.94. The van der Waals surface area contributed by atoms with Gasteiger partial charge in [-0.15, -0.1) is 0 Å².